The van der Waals surface area contributed by atoms with E-state index in [1.165, 1.54) is 0 Å². The van der Waals surface area contributed by atoms with Gasteiger partial charge in [0.25, 0.3) is 0 Å². The fourth-order valence-corrected chi connectivity index (χ4v) is 3.14. The van der Waals surface area contributed by atoms with Crippen LogP contribution in [0.25, 0.3) is 0 Å². The molecule has 3 heterocycles. The number of aromatic nitrogens is 2. The Morgan fingerprint density at radius 2 is 2.15 bits per heavy atom. The van der Waals surface area contributed by atoms with Gasteiger partial charge in [-0.2, -0.15) is 0 Å². The summed E-state index contributed by atoms with van der Waals surface area (Å²) < 4.78 is 7.44. The first kappa shape index (κ1) is 13.4. The van der Waals surface area contributed by atoms with Crippen molar-refractivity contribution in [3.8, 4) is 0 Å². The lowest BCUT2D eigenvalue weighted by molar-refractivity contribution is 0.112. The zero-order valence-electron chi connectivity index (χ0n) is 12.0. The highest BCUT2D eigenvalue weighted by Gasteiger charge is 2.29. The molecule has 6 nitrogen and oxygen atoms in total. The molecule has 2 aliphatic heterocycles. The van der Waals surface area contributed by atoms with E-state index in [1.54, 1.807) is 7.11 Å². The van der Waals surface area contributed by atoms with Crippen LogP contribution in [0.3, 0.4) is 0 Å². The van der Waals surface area contributed by atoms with Gasteiger partial charge >= 0.3 is 6.03 Å². The van der Waals surface area contributed by atoms with Gasteiger partial charge in [-0.3, -0.25) is 0 Å². The second kappa shape index (κ2) is 5.83. The van der Waals surface area contributed by atoms with Crippen molar-refractivity contribution in [3.63, 3.8) is 0 Å². The Labute approximate surface area is 119 Å². The Morgan fingerprint density at radius 1 is 1.35 bits per heavy atom. The largest absolute Gasteiger partial charge is 0.384 e. The molecule has 0 N–H and O–H groups in total. The molecule has 1 saturated heterocycles. The summed E-state index contributed by atoms with van der Waals surface area (Å²) >= 11 is 0. The molecule has 110 valence electrons. The molecule has 6 heteroatoms. The summed E-state index contributed by atoms with van der Waals surface area (Å²) in [6, 6.07) is 0.153. The lowest BCUT2D eigenvalue weighted by atomic mass is 10.1. The van der Waals surface area contributed by atoms with Crippen molar-refractivity contribution >= 4 is 6.03 Å². The second-order valence-corrected chi connectivity index (χ2v) is 5.67. The summed E-state index contributed by atoms with van der Waals surface area (Å²) in [6.45, 7) is 4.65. The average Bonchev–Trinajstić information content (AvgIpc) is 3.07. The van der Waals surface area contributed by atoms with E-state index in [2.05, 4.69) is 9.55 Å². The van der Waals surface area contributed by atoms with Gasteiger partial charge in [-0.15, -0.1) is 0 Å². The highest BCUT2D eigenvalue weighted by molar-refractivity contribution is 5.74. The van der Waals surface area contributed by atoms with Crippen molar-refractivity contribution < 1.29 is 9.53 Å². The molecule has 1 aromatic rings. The molecule has 2 aliphatic rings. The van der Waals surface area contributed by atoms with Crippen molar-refractivity contribution in [1.82, 2.24) is 19.4 Å². The molecule has 1 atom stereocenters. The molecule has 1 fully saturated rings. The zero-order valence-corrected chi connectivity index (χ0v) is 12.0. The third-order valence-electron chi connectivity index (χ3n) is 4.12. The molecule has 0 radical (unpaired) electrons. The number of carbonyl (C=O) groups is 1. The first-order valence-electron chi connectivity index (χ1n) is 7.30. The van der Waals surface area contributed by atoms with Gasteiger partial charge in [0.05, 0.1) is 13.2 Å². The summed E-state index contributed by atoms with van der Waals surface area (Å²) in [5.41, 5.74) is 0. The molecular formula is C14H22N4O2. The summed E-state index contributed by atoms with van der Waals surface area (Å²) in [5.74, 6) is 1.29. The van der Waals surface area contributed by atoms with Gasteiger partial charge in [-0.05, 0) is 12.8 Å². The van der Waals surface area contributed by atoms with Crippen molar-refractivity contribution in [3.05, 3.63) is 18.2 Å². The lowest BCUT2D eigenvalue weighted by Crippen LogP contribution is -2.43. The van der Waals surface area contributed by atoms with Gasteiger partial charge in [-0.25, -0.2) is 9.78 Å². The first-order chi connectivity index (χ1) is 9.78. The van der Waals surface area contributed by atoms with E-state index in [4.69, 9.17) is 4.74 Å². The van der Waals surface area contributed by atoms with Crippen LogP contribution >= 0.6 is 0 Å². The van der Waals surface area contributed by atoms with Crippen LogP contribution in [0.5, 0.6) is 0 Å². The lowest BCUT2D eigenvalue weighted by Gasteiger charge is -2.28. The van der Waals surface area contributed by atoms with Gasteiger partial charge in [0, 0.05) is 51.6 Å². The Hall–Kier alpha value is -1.56. The number of hydrogen-bond donors (Lipinski definition) is 0. The molecule has 0 spiro atoms. The minimum absolute atomic E-state index is 0.153. The number of fused-ring (bicyclic) bond motifs is 1. The molecule has 0 aromatic carbocycles. The molecule has 0 aliphatic carbocycles. The number of carbonyl (C=O) groups excluding carboxylic acids is 1. The van der Waals surface area contributed by atoms with Crippen molar-refractivity contribution in [1.29, 1.82) is 0 Å². The smallest absolute Gasteiger partial charge is 0.320 e. The van der Waals surface area contributed by atoms with Crippen LogP contribution < -0.4 is 0 Å². The number of methoxy groups -OCH3 is 1. The van der Waals surface area contributed by atoms with Crippen LogP contribution in [-0.2, 0) is 17.8 Å². The number of ether oxygens (including phenoxy) is 1. The number of amides is 2. The third kappa shape index (κ3) is 2.65. The van der Waals surface area contributed by atoms with Crippen LogP contribution in [0.4, 0.5) is 4.79 Å². The van der Waals surface area contributed by atoms with Crippen LogP contribution in [0.15, 0.2) is 12.4 Å². The van der Waals surface area contributed by atoms with Crippen LogP contribution in [0, 0.1) is 5.92 Å². The van der Waals surface area contributed by atoms with E-state index in [9.17, 15) is 4.79 Å². The van der Waals surface area contributed by atoms with Crippen LogP contribution in [0.1, 0.15) is 18.7 Å². The van der Waals surface area contributed by atoms with Gasteiger partial charge in [0.15, 0.2) is 0 Å². The monoisotopic (exact) mass is 278 g/mol. The molecule has 0 saturated carbocycles. The number of hydrogen-bond acceptors (Lipinski definition) is 3. The van der Waals surface area contributed by atoms with Crippen molar-refractivity contribution in [2.75, 3.05) is 33.4 Å². The van der Waals surface area contributed by atoms with E-state index < -0.39 is 0 Å². The molecular weight excluding hydrogens is 256 g/mol. The molecule has 20 heavy (non-hydrogen) atoms. The molecule has 1 aromatic heterocycles. The van der Waals surface area contributed by atoms with Gasteiger partial charge < -0.3 is 19.1 Å². The number of imidazole rings is 1. The van der Waals surface area contributed by atoms with E-state index in [0.29, 0.717) is 19.1 Å². The second-order valence-electron chi connectivity index (χ2n) is 5.67. The maximum absolute atomic E-state index is 12.6. The number of nitrogens with zero attached hydrogens (tertiary/aromatic N) is 4. The number of urea groups is 1. The van der Waals surface area contributed by atoms with Crippen LogP contribution in [0.2, 0.25) is 0 Å². The quantitative estimate of drug-likeness (QED) is 0.816. The van der Waals surface area contributed by atoms with Gasteiger partial charge in [-0.1, -0.05) is 0 Å². The van der Waals surface area contributed by atoms with E-state index in [-0.39, 0.29) is 6.03 Å². The predicted molar refractivity (Wildman–Crippen MR) is 74.2 cm³/mol. The minimum atomic E-state index is 0.153. The predicted octanol–water partition coefficient (Wildman–Crippen LogP) is 1.18. The Balaban J connectivity index is 1.77. The fourth-order valence-electron chi connectivity index (χ4n) is 3.14. The highest BCUT2D eigenvalue weighted by atomic mass is 16.5. The van der Waals surface area contributed by atoms with Gasteiger partial charge in [0.1, 0.15) is 5.82 Å². The minimum Gasteiger partial charge on any atom is -0.384 e. The normalized spacial score (nSPS) is 22.8. The van der Waals surface area contributed by atoms with Crippen LogP contribution in [-0.4, -0.2) is 58.7 Å². The summed E-state index contributed by atoms with van der Waals surface area (Å²) in [7, 11) is 1.71. The Bertz CT molecular complexity index is 467. The fraction of sp³-hybridized carbons (Fsp3) is 0.714. The maximum atomic E-state index is 12.6. The van der Waals surface area contributed by atoms with E-state index >= 15 is 0 Å². The number of likely N-dealkylation sites (tertiary alicyclic amines) is 1. The van der Waals surface area contributed by atoms with Crippen molar-refractivity contribution in [2.24, 2.45) is 5.92 Å². The SMILES string of the molecule is COC[C@H]1CN(C(=O)N2CCCC2)Cc2nccn2C1. The molecule has 2 amide bonds. The van der Waals surface area contributed by atoms with Gasteiger partial charge in [0.2, 0.25) is 0 Å². The topological polar surface area (TPSA) is 50.6 Å². The molecule has 3 rings (SSSR count). The Morgan fingerprint density at radius 3 is 2.90 bits per heavy atom. The van der Waals surface area contributed by atoms with E-state index in [0.717, 1.165) is 44.8 Å². The standard InChI is InChI=1S/C14H22N4O2/c1-20-11-12-8-17-7-4-15-13(17)10-18(9-12)14(19)16-5-2-3-6-16/h4,7,12H,2-3,5-6,8-11H2,1H3/t12-/m1/s1. The average molecular weight is 278 g/mol. The zero-order chi connectivity index (χ0) is 13.9. The number of rotatable bonds is 2. The summed E-state index contributed by atoms with van der Waals surface area (Å²) in [4.78, 5) is 20.9. The summed E-state index contributed by atoms with van der Waals surface area (Å²) in [5, 5.41) is 0. The van der Waals surface area contributed by atoms with E-state index in [1.807, 2.05) is 22.2 Å². The Kier molecular flexibility index (Phi) is 3.91. The third-order valence-corrected chi connectivity index (χ3v) is 4.12. The first-order valence-corrected chi connectivity index (χ1v) is 7.30. The summed E-state index contributed by atoms with van der Waals surface area (Å²) in [6.07, 6.45) is 6.04. The maximum Gasteiger partial charge on any atom is 0.320 e. The highest BCUT2D eigenvalue weighted by Crippen LogP contribution is 2.19. The molecule has 0 bridgehead atoms. The van der Waals surface area contributed by atoms with Crippen molar-refractivity contribution in [2.45, 2.75) is 25.9 Å². The molecule has 0 unspecified atom stereocenters.